The Kier molecular flexibility index (Phi) is 3.77. The molecule has 102 valence electrons. The molecule has 1 aromatic carbocycles. The standard InChI is InChI=1S/C15H9N3OS2/c16-8-10-3-5-11(6-4-10)17-14(19)12-9-21-15(18-12)13-2-1-7-20-13/h1-7,9H,(H,17,19). The Hall–Kier alpha value is -2.49. The second kappa shape index (κ2) is 5.87. The van der Waals surface area contributed by atoms with Crippen molar-refractivity contribution in [3.05, 3.63) is 58.4 Å². The number of thiophene rings is 1. The number of rotatable bonds is 3. The molecule has 0 unspecified atom stereocenters. The van der Waals surface area contributed by atoms with Gasteiger partial charge in [0, 0.05) is 11.1 Å². The smallest absolute Gasteiger partial charge is 0.275 e. The van der Waals surface area contributed by atoms with E-state index in [2.05, 4.69) is 10.3 Å². The third kappa shape index (κ3) is 2.99. The van der Waals surface area contributed by atoms with Gasteiger partial charge in [-0.25, -0.2) is 4.98 Å². The van der Waals surface area contributed by atoms with Gasteiger partial charge in [0.25, 0.3) is 5.91 Å². The van der Waals surface area contributed by atoms with Gasteiger partial charge in [0.05, 0.1) is 16.5 Å². The number of carbonyl (C=O) groups excluding carboxylic acids is 1. The van der Waals surface area contributed by atoms with E-state index in [1.807, 2.05) is 23.6 Å². The molecule has 2 aromatic heterocycles. The number of nitriles is 1. The Morgan fingerprint density at radius 2 is 2.00 bits per heavy atom. The maximum atomic E-state index is 12.1. The van der Waals surface area contributed by atoms with Crippen LogP contribution in [0.5, 0.6) is 0 Å². The van der Waals surface area contributed by atoms with E-state index in [0.29, 0.717) is 16.9 Å². The van der Waals surface area contributed by atoms with Gasteiger partial charge in [-0.15, -0.1) is 22.7 Å². The number of amides is 1. The first-order chi connectivity index (χ1) is 10.3. The molecular formula is C15H9N3OS2. The number of hydrogen-bond acceptors (Lipinski definition) is 5. The molecule has 0 aliphatic carbocycles. The molecule has 3 aromatic rings. The molecule has 1 amide bonds. The molecule has 1 N–H and O–H groups in total. The second-order valence-electron chi connectivity index (χ2n) is 4.16. The number of nitrogens with zero attached hydrogens (tertiary/aromatic N) is 2. The van der Waals surface area contributed by atoms with Crippen LogP contribution in [0.2, 0.25) is 0 Å². The molecule has 4 nitrogen and oxygen atoms in total. The average molecular weight is 311 g/mol. The molecule has 0 spiro atoms. The zero-order chi connectivity index (χ0) is 14.7. The van der Waals surface area contributed by atoms with Crippen molar-refractivity contribution in [1.29, 1.82) is 5.26 Å². The zero-order valence-corrected chi connectivity index (χ0v) is 12.4. The van der Waals surface area contributed by atoms with Crippen LogP contribution in [0.3, 0.4) is 0 Å². The van der Waals surface area contributed by atoms with Crippen LogP contribution in [-0.2, 0) is 0 Å². The molecular weight excluding hydrogens is 302 g/mol. The van der Waals surface area contributed by atoms with Gasteiger partial charge in [-0.05, 0) is 35.7 Å². The van der Waals surface area contributed by atoms with E-state index in [0.717, 1.165) is 9.88 Å². The summed E-state index contributed by atoms with van der Waals surface area (Å²) in [6.45, 7) is 0. The Labute approximate surface area is 129 Å². The molecule has 0 saturated heterocycles. The minimum absolute atomic E-state index is 0.251. The predicted octanol–water partition coefficient (Wildman–Crippen LogP) is 4.00. The summed E-state index contributed by atoms with van der Waals surface area (Å²) in [7, 11) is 0. The number of aromatic nitrogens is 1. The molecule has 0 fully saturated rings. The average Bonchev–Trinajstić information content (AvgIpc) is 3.19. The Bertz CT molecular complexity index is 798. The largest absolute Gasteiger partial charge is 0.321 e. The summed E-state index contributed by atoms with van der Waals surface area (Å²) in [5.74, 6) is -0.251. The van der Waals surface area contributed by atoms with Crippen molar-refractivity contribution in [2.45, 2.75) is 0 Å². The van der Waals surface area contributed by atoms with E-state index < -0.39 is 0 Å². The van der Waals surface area contributed by atoms with E-state index in [9.17, 15) is 4.79 Å². The normalized spacial score (nSPS) is 10.0. The van der Waals surface area contributed by atoms with Gasteiger partial charge >= 0.3 is 0 Å². The van der Waals surface area contributed by atoms with Crippen LogP contribution in [0.15, 0.2) is 47.2 Å². The van der Waals surface area contributed by atoms with Crippen molar-refractivity contribution < 1.29 is 4.79 Å². The maximum Gasteiger partial charge on any atom is 0.275 e. The van der Waals surface area contributed by atoms with E-state index in [1.54, 1.807) is 41.0 Å². The van der Waals surface area contributed by atoms with Gasteiger partial charge in [-0.2, -0.15) is 5.26 Å². The van der Waals surface area contributed by atoms with Crippen LogP contribution in [-0.4, -0.2) is 10.9 Å². The van der Waals surface area contributed by atoms with Gasteiger partial charge < -0.3 is 5.32 Å². The fourth-order valence-corrected chi connectivity index (χ4v) is 3.33. The lowest BCUT2D eigenvalue weighted by Crippen LogP contribution is -2.12. The number of anilines is 1. The summed E-state index contributed by atoms with van der Waals surface area (Å²) in [5.41, 5.74) is 1.60. The van der Waals surface area contributed by atoms with Gasteiger partial charge in [0.1, 0.15) is 10.7 Å². The summed E-state index contributed by atoms with van der Waals surface area (Å²) < 4.78 is 0. The summed E-state index contributed by atoms with van der Waals surface area (Å²) in [5, 5.41) is 16.1. The maximum absolute atomic E-state index is 12.1. The Morgan fingerprint density at radius 3 is 2.67 bits per heavy atom. The van der Waals surface area contributed by atoms with Crippen molar-refractivity contribution in [2.24, 2.45) is 0 Å². The summed E-state index contributed by atoms with van der Waals surface area (Å²) >= 11 is 3.04. The van der Waals surface area contributed by atoms with Crippen LogP contribution >= 0.6 is 22.7 Å². The summed E-state index contributed by atoms with van der Waals surface area (Å²) in [6, 6.07) is 12.7. The monoisotopic (exact) mass is 311 g/mol. The number of thiazole rings is 1. The lowest BCUT2D eigenvalue weighted by molar-refractivity contribution is 0.102. The van der Waals surface area contributed by atoms with E-state index in [-0.39, 0.29) is 5.91 Å². The molecule has 0 saturated carbocycles. The predicted molar refractivity (Wildman–Crippen MR) is 84.5 cm³/mol. The van der Waals surface area contributed by atoms with Gasteiger partial charge in [0.2, 0.25) is 0 Å². The van der Waals surface area contributed by atoms with Crippen molar-refractivity contribution in [3.8, 4) is 16.0 Å². The number of nitrogens with one attached hydrogen (secondary N) is 1. The van der Waals surface area contributed by atoms with Crippen molar-refractivity contribution >= 4 is 34.3 Å². The molecule has 2 heterocycles. The first-order valence-electron chi connectivity index (χ1n) is 6.07. The molecule has 3 rings (SSSR count). The summed E-state index contributed by atoms with van der Waals surface area (Å²) in [6.07, 6.45) is 0. The Balaban J connectivity index is 1.75. The number of hydrogen-bond donors (Lipinski definition) is 1. The lowest BCUT2D eigenvalue weighted by atomic mass is 10.2. The van der Waals surface area contributed by atoms with E-state index >= 15 is 0 Å². The van der Waals surface area contributed by atoms with Crippen molar-refractivity contribution in [2.75, 3.05) is 5.32 Å². The van der Waals surface area contributed by atoms with Crippen LogP contribution in [0.25, 0.3) is 9.88 Å². The highest BCUT2D eigenvalue weighted by molar-refractivity contribution is 7.20. The fraction of sp³-hybridized carbons (Fsp3) is 0. The number of benzene rings is 1. The third-order valence-corrected chi connectivity index (χ3v) is 4.62. The minimum atomic E-state index is -0.251. The quantitative estimate of drug-likeness (QED) is 0.795. The van der Waals surface area contributed by atoms with Crippen molar-refractivity contribution in [1.82, 2.24) is 4.98 Å². The molecule has 0 atom stereocenters. The highest BCUT2D eigenvalue weighted by atomic mass is 32.1. The molecule has 0 aliphatic rings. The van der Waals surface area contributed by atoms with Crippen LogP contribution in [0.1, 0.15) is 16.1 Å². The molecule has 21 heavy (non-hydrogen) atoms. The third-order valence-electron chi connectivity index (χ3n) is 2.74. The van der Waals surface area contributed by atoms with Crippen LogP contribution in [0, 0.1) is 11.3 Å². The molecule has 0 radical (unpaired) electrons. The van der Waals surface area contributed by atoms with Crippen molar-refractivity contribution in [3.63, 3.8) is 0 Å². The first-order valence-corrected chi connectivity index (χ1v) is 7.83. The lowest BCUT2D eigenvalue weighted by Gasteiger charge is -2.02. The van der Waals surface area contributed by atoms with Gasteiger partial charge in [0.15, 0.2) is 0 Å². The van der Waals surface area contributed by atoms with Crippen LogP contribution in [0.4, 0.5) is 5.69 Å². The minimum Gasteiger partial charge on any atom is -0.321 e. The number of carbonyl (C=O) groups is 1. The molecule has 0 bridgehead atoms. The van der Waals surface area contributed by atoms with Gasteiger partial charge in [-0.1, -0.05) is 6.07 Å². The fourth-order valence-electron chi connectivity index (χ4n) is 1.71. The topological polar surface area (TPSA) is 65.8 Å². The van der Waals surface area contributed by atoms with Crippen LogP contribution < -0.4 is 5.32 Å². The highest BCUT2D eigenvalue weighted by Gasteiger charge is 2.12. The van der Waals surface area contributed by atoms with Gasteiger partial charge in [-0.3, -0.25) is 4.79 Å². The molecule has 6 heteroatoms. The summed E-state index contributed by atoms with van der Waals surface area (Å²) in [4.78, 5) is 17.5. The zero-order valence-electron chi connectivity index (χ0n) is 10.7. The highest BCUT2D eigenvalue weighted by Crippen LogP contribution is 2.28. The van der Waals surface area contributed by atoms with E-state index in [1.165, 1.54) is 11.3 Å². The first kappa shape index (κ1) is 13.5. The Morgan fingerprint density at radius 1 is 1.19 bits per heavy atom. The second-order valence-corrected chi connectivity index (χ2v) is 5.96. The SMILES string of the molecule is N#Cc1ccc(NC(=O)c2csc(-c3cccs3)n2)cc1. The molecule has 0 aliphatic heterocycles. The van der Waals surface area contributed by atoms with E-state index in [4.69, 9.17) is 5.26 Å².